The van der Waals surface area contributed by atoms with Crippen molar-refractivity contribution < 1.29 is 36.7 Å². The average molecular weight is 528 g/mol. The molecule has 0 N–H and O–H groups in total. The first kappa shape index (κ1) is 18.7. The van der Waals surface area contributed by atoms with Crippen LogP contribution >= 0.6 is 9.42 Å². The molecule has 0 unspecified atom stereocenters. The van der Waals surface area contributed by atoms with Crippen LogP contribution in [0.1, 0.15) is 0 Å². The first-order valence-corrected chi connectivity index (χ1v) is 9.83. The van der Waals surface area contributed by atoms with E-state index in [1.807, 2.05) is 50.8 Å². The van der Waals surface area contributed by atoms with Crippen molar-refractivity contribution in [3.8, 4) is 22.5 Å². The molecular formula is C18H15ClF2N2Pt+2. The molecule has 2 heterocycles. The zero-order valence-electron chi connectivity index (χ0n) is 13.0. The van der Waals surface area contributed by atoms with Gasteiger partial charge in [0.15, 0.2) is 23.8 Å². The van der Waals surface area contributed by atoms with Crippen LogP contribution in [0.3, 0.4) is 0 Å². The van der Waals surface area contributed by atoms with Gasteiger partial charge in [-0.05, 0) is 23.3 Å². The van der Waals surface area contributed by atoms with Crippen molar-refractivity contribution in [2.45, 2.75) is 0 Å². The second kappa shape index (κ2) is 8.45. The number of hydrogen-bond donors (Lipinski definition) is 0. The van der Waals surface area contributed by atoms with Crippen LogP contribution in [-0.4, -0.2) is 0 Å². The van der Waals surface area contributed by atoms with Crippen LogP contribution in [0, 0.1) is 17.7 Å². The topological polar surface area (TPSA) is 7.76 Å². The quantitative estimate of drug-likeness (QED) is 0.356. The summed E-state index contributed by atoms with van der Waals surface area (Å²) in [6.07, 6.45) is 3.63. The third-order valence-electron chi connectivity index (χ3n) is 3.60. The van der Waals surface area contributed by atoms with E-state index in [4.69, 9.17) is 0 Å². The standard InChI is InChI=1S/C18H15F2N2.ClH.Pt/c1-21-9-5-3-7-17(21)13-11-14(16(20)12-15(13)19)18-8-4-6-10-22(18)2;;/h3-10,12H,1-2H3;1H;/q+1;;+2/p-1. The first-order valence-electron chi connectivity index (χ1n) is 7.01. The number of nitrogens with zero attached hydrogens (tertiary/aromatic N) is 2. The van der Waals surface area contributed by atoms with E-state index >= 15 is 0 Å². The Morgan fingerprint density at radius 3 is 1.62 bits per heavy atom. The third kappa shape index (κ3) is 3.88. The predicted molar refractivity (Wildman–Crippen MR) is 84.3 cm³/mol. The fourth-order valence-electron chi connectivity index (χ4n) is 2.44. The second-order valence-electron chi connectivity index (χ2n) is 5.11. The van der Waals surface area contributed by atoms with Crippen LogP contribution < -0.4 is 9.13 Å². The van der Waals surface area contributed by atoms with Gasteiger partial charge in [-0.3, -0.25) is 8.78 Å². The molecule has 6 heteroatoms. The Morgan fingerprint density at radius 2 is 1.25 bits per heavy atom. The van der Waals surface area contributed by atoms with E-state index in [0.29, 0.717) is 11.4 Å². The van der Waals surface area contributed by atoms with Gasteiger partial charge in [-0.1, -0.05) is 24.3 Å². The number of hydrogen-bond acceptors (Lipinski definition) is 0. The van der Waals surface area contributed by atoms with Gasteiger partial charge < -0.3 is 0 Å². The molecule has 0 aliphatic carbocycles. The van der Waals surface area contributed by atoms with Crippen molar-refractivity contribution in [3.63, 3.8) is 0 Å². The van der Waals surface area contributed by atoms with E-state index in [1.165, 1.54) is 0 Å². The normalized spacial score (nSPS) is 10.1. The maximum atomic E-state index is 14.2. The van der Waals surface area contributed by atoms with Gasteiger partial charge in [0.05, 0.1) is 11.6 Å². The number of aryl methyl sites for hydroxylation is 2. The molecule has 2 aromatic heterocycles. The molecule has 3 aromatic rings. The molecule has 0 aliphatic rings. The van der Waals surface area contributed by atoms with E-state index < -0.39 is 11.6 Å². The summed E-state index contributed by atoms with van der Waals surface area (Å²) in [5.74, 6) is -1.25. The molecule has 0 spiro atoms. The number of halogens is 3. The second-order valence-corrected chi connectivity index (χ2v) is 5.11. The van der Waals surface area contributed by atoms with Gasteiger partial charge in [-0.25, -0.2) is 9.13 Å². The summed E-state index contributed by atoms with van der Waals surface area (Å²) in [6, 6.07) is 14.7. The molecule has 24 heavy (non-hydrogen) atoms. The van der Waals surface area contributed by atoms with Crippen LogP contribution in [0.5, 0.6) is 0 Å². The van der Waals surface area contributed by atoms with E-state index in [-0.39, 0.29) is 11.1 Å². The van der Waals surface area contributed by atoms with Crippen molar-refractivity contribution in [3.05, 3.63) is 72.6 Å². The van der Waals surface area contributed by atoms with Gasteiger partial charge >= 0.3 is 28.2 Å². The summed E-state index contributed by atoms with van der Waals surface area (Å²) >= 11 is 1.61. The molecule has 0 aliphatic heterocycles. The molecule has 0 radical (unpaired) electrons. The molecule has 0 saturated carbocycles. The van der Waals surface area contributed by atoms with Gasteiger partial charge in [-0.15, -0.1) is 0 Å². The van der Waals surface area contributed by atoms with E-state index in [2.05, 4.69) is 15.5 Å². The molecule has 126 valence electrons. The van der Waals surface area contributed by atoms with Gasteiger partial charge in [-0.2, -0.15) is 0 Å². The monoisotopic (exact) mass is 527 g/mol. The Balaban J connectivity index is 0.00000100. The molecule has 0 saturated heterocycles. The SMILES string of the molecule is C[n+]1ccccc1-c1[c-]c(-c2cccc[n+]2C)c(F)cc1F.[Cl][Pt+]. The Kier molecular flexibility index (Phi) is 6.59. The van der Waals surface area contributed by atoms with Crippen LogP contribution in [0.15, 0.2) is 54.9 Å². The van der Waals surface area contributed by atoms with Crippen molar-refractivity contribution in [1.82, 2.24) is 0 Å². The summed E-state index contributed by atoms with van der Waals surface area (Å²) in [5.41, 5.74) is 1.78. The summed E-state index contributed by atoms with van der Waals surface area (Å²) in [6.45, 7) is 0. The molecule has 0 atom stereocenters. The molecule has 3 rings (SSSR count). The van der Waals surface area contributed by atoms with Crippen LogP contribution in [0.2, 0.25) is 0 Å². The van der Waals surface area contributed by atoms with Gasteiger partial charge in [0, 0.05) is 12.1 Å². The van der Waals surface area contributed by atoms with Crippen LogP contribution in [0.4, 0.5) is 8.78 Å². The summed E-state index contributed by atoms with van der Waals surface area (Å²) < 4.78 is 32.0. The van der Waals surface area contributed by atoms with Gasteiger partial charge in [0.25, 0.3) is 0 Å². The van der Waals surface area contributed by atoms with E-state index in [9.17, 15) is 8.78 Å². The number of benzene rings is 1. The third-order valence-corrected chi connectivity index (χ3v) is 3.60. The van der Waals surface area contributed by atoms with Crippen LogP contribution in [0.25, 0.3) is 22.5 Å². The minimum atomic E-state index is -0.623. The first-order chi connectivity index (χ1) is 11.6. The molecule has 0 fully saturated rings. The van der Waals surface area contributed by atoms with Crippen molar-refractivity contribution in [2.75, 3.05) is 0 Å². The zero-order chi connectivity index (χ0) is 17.7. The molecule has 1 aromatic carbocycles. The van der Waals surface area contributed by atoms with E-state index in [0.717, 1.165) is 6.07 Å². The van der Waals surface area contributed by atoms with Crippen LogP contribution in [-0.2, 0) is 32.9 Å². The Labute approximate surface area is 155 Å². The Morgan fingerprint density at radius 1 is 0.833 bits per heavy atom. The molecular weight excluding hydrogens is 513 g/mol. The van der Waals surface area contributed by atoms with Crippen molar-refractivity contribution in [1.29, 1.82) is 0 Å². The summed E-state index contributed by atoms with van der Waals surface area (Å²) in [7, 11) is 8.24. The fourth-order valence-corrected chi connectivity index (χ4v) is 2.44. The van der Waals surface area contributed by atoms with Crippen molar-refractivity contribution in [2.24, 2.45) is 14.1 Å². The summed E-state index contributed by atoms with van der Waals surface area (Å²) in [5, 5.41) is 0. The molecule has 0 amide bonds. The number of rotatable bonds is 2. The van der Waals surface area contributed by atoms with Crippen molar-refractivity contribution >= 4 is 9.42 Å². The number of pyridine rings is 2. The van der Waals surface area contributed by atoms with Gasteiger partial charge in [0.1, 0.15) is 14.1 Å². The number of aromatic nitrogens is 2. The summed E-state index contributed by atoms with van der Waals surface area (Å²) in [4.78, 5) is 0. The fraction of sp³-hybridized carbons (Fsp3) is 0.111. The van der Waals surface area contributed by atoms with E-state index in [1.54, 1.807) is 40.0 Å². The zero-order valence-corrected chi connectivity index (χ0v) is 16.1. The average Bonchev–Trinajstić information content (AvgIpc) is 2.59. The Hall–Kier alpha value is -1.64. The van der Waals surface area contributed by atoms with Gasteiger partial charge in [0.2, 0.25) is 0 Å². The Bertz CT molecular complexity index is 789. The maximum absolute atomic E-state index is 14.2. The predicted octanol–water partition coefficient (Wildman–Crippen LogP) is 3.43. The molecule has 2 nitrogen and oxygen atoms in total. The molecule has 0 bridgehead atoms. The minimum absolute atomic E-state index is 0.253.